The van der Waals surface area contributed by atoms with Crippen molar-refractivity contribution in [2.24, 2.45) is 4.99 Å². The van der Waals surface area contributed by atoms with Gasteiger partial charge in [0.1, 0.15) is 0 Å². The highest BCUT2D eigenvalue weighted by molar-refractivity contribution is 14.0. The second-order valence-electron chi connectivity index (χ2n) is 8.69. The van der Waals surface area contributed by atoms with Gasteiger partial charge in [-0.1, -0.05) is 19.3 Å². The first kappa shape index (κ1) is 25.6. The van der Waals surface area contributed by atoms with Crippen molar-refractivity contribution in [3.63, 3.8) is 0 Å². The number of hydrogen-bond donors (Lipinski definition) is 1. The minimum absolute atomic E-state index is 0. The SMILES string of the molecule is CN=C(NCCCOC1CCCCC1)N1CCN(C(C)C(=O)N2CCCC2)CC1.I. The smallest absolute Gasteiger partial charge is 0.239 e. The molecule has 2 saturated heterocycles. The molecule has 0 aromatic carbocycles. The molecule has 0 bridgehead atoms. The fourth-order valence-electron chi connectivity index (χ4n) is 4.77. The van der Waals surface area contributed by atoms with Gasteiger partial charge < -0.3 is 19.9 Å². The topological polar surface area (TPSA) is 60.4 Å². The second-order valence-corrected chi connectivity index (χ2v) is 8.69. The molecule has 3 fully saturated rings. The molecule has 1 aliphatic carbocycles. The highest BCUT2D eigenvalue weighted by atomic mass is 127. The van der Waals surface area contributed by atoms with Crippen molar-refractivity contribution in [3.05, 3.63) is 0 Å². The summed E-state index contributed by atoms with van der Waals surface area (Å²) in [5.74, 6) is 1.28. The molecule has 174 valence electrons. The summed E-state index contributed by atoms with van der Waals surface area (Å²) < 4.78 is 6.01. The molecule has 1 amide bonds. The van der Waals surface area contributed by atoms with Crippen molar-refractivity contribution in [1.29, 1.82) is 0 Å². The highest BCUT2D eigenvalue weighted by Crippen LogP contribution is 2.20. The molecule has 3 aliphatic rings. The number of nitrogens with one attached hydrogen (secondary N) is 1. The van der Waals surface area contributed by atoms with Crippen molar-refractivity contribution in [2.45, 2.75) is 70.4 Å². The lowest BCUT2D eigenvalue weighted by atomic mass is 9.98. The quantitative estimate of drug-likeness (QED) is 0.235. The number of carbonyl (C=O) groups excluding carboxylic acids is 1. The number of carbonyl (C=O) groups is 1. The Morgan fingerprint density at radius 3 is 2.30 bits per heavy atom. The van der Waals surface area contributed by atoms with Crippen LogP contribution < -0.4 is 5.32 Å². The number of nitrogens with zero attached hydrogens (tertiary/aromatic N) is 4. The molecule has 0 aromatic rings. The molecule has 1 unspecified atom stereocenters. The van der Waals surface area contributed by atoms with E-state index in [4.69, 9.17) is 4.74 Å². The maximum Gasteiger partial charge on any atom is 0.239 e. The number of rotatable bonds is 7. The first-order chi connectivity index (χ1) is 14.2. The van der Waals surface area contributed by atoms with Gasteiger partial charge in [0.05, 0.1) is 12.1 Å². The lowest BCUT2D eigenvalue weighted by Gasteiger charge is -2.39. The van der Waals surface area contributed by atoms with Crippen LogP contribution in [0.5, 0.6) is 0 Å². The van der Waals surface area contributed by atoms with E-state index in [1.165, 1.54) is 32.1 Å². The summed E-state index contributed by atoms with van der Waals surface area (Å²) in [5.41, 5.74) is 0. The van der Waals surface area contributed by atoms with Gasteiger partial charge in [-0.15, -0.1) is 24.0 Å². The van der Waals surface area contributed by atoms with E-state index in [1.807, 2.05) is 11.9 Å². The molecular weight excluding hydrogens is 493 g/mol. The molecule has 1 atom stereocenters. The van der Waals surface area contributed by atoms with Gasteiger partial charge in [-0.2, -0.15) is 0 Å². The molecule has 30 heavy (non-hydrogen) atoms. The summed E-state index contributed by atoms with van der Waals surface area (Å²) >= 11 is 0. The lowest BCUT2D eigenvalue weighted by Crippen LogP contribution is -2.57. The molecule has 0 aromatic heterocycles. The Kier molecular flexibility index (Phi) is 11.7. The molecular formula is C22H42IN5O2. The van der Waals surface area contributed by atoms with Gasteiger partial charge in [-0.25, -0.2) is 0 Å². The lowest BCUT2D eigenvalue weighted by molar-refractivity contribution is -0.135. The van der Waals surface area contributed by atoms with Gasteiger partial charge >= 0.3 is 0 Å². The van der Waals surface area contributed by atoms with E-state index >= 15 is 0 Å². The maximum atomic E-state index is 12.7. The van der Waals surface area contributed by atoms with Crippen LogP contribution >= 0.6 is 24.0 Å². The van der Waals surface area contributed by atoms with Gasteiger partial charge in [0.15, 0.2) is 5.96 Å². The highest BCUT2D eigenvalue weighted by Gasteiger charge is 2.30. The van der Waals surface area contributed by atoms with Crippen molar-refractivity contribution in [3.8, 4) is 0 Å². The van der Waals surface area contributed by atoms with Crippen LogP contribution in [-0.4, -0.2) is 98.2 Å². The monoisotopic (exact) mass is 535 g/mol. The molecule has 0 spiro atoms. The van der Waals surface area contributed by atoms with Gasteiger partial charge in [0, 0.05) is 59.5 Å². The average Bonchev–Trinajstić information content (AvgIpc) is 3.31. The summed E-state index contributed by atoms with van der Waals surface area (Å²) in [6, 6.07) is -0.0119. The number of aliphatic imine (C=N–C) groups is 1. The van der Waals surface area contributed by atoms with E-state index in [2.05, 4.69) is 27.0 Å². The minimum atomic E-state index is -0.0119. The van der Waals surface area contributed by atoms with Crippen LogP contribution in [0.1, 0.15) is 58.3 Å². The summed E-state index contributed by atoms with van der Waals surface area (Å²) in [7, 11) is 1.85. The zero-order chi connectivity index (χ0) is 20.5. The third-order valence-corrected chi connectivity index (χ3v) is 6.66. The summed E-state index contributed by atoms with van der Waals surface area (Å²) in [6.45, 7) is 9.30. The molecule has 1 saturated carbocycles. The standard InChI is InChI=1S/C22H41N5O2.HI/c1-19(21(28)26-12-6-7-13-26)25-14-16-27(17-15-25)22(23-2)24-11-8-18-29-20-9-4-3-5-10-20;/h19-20H,3-18H2,1-2H3,(H,23,24);1H. The number of amides is 1. The number of halogens is 1. The van der Waals surface area contributed by atoms with E-state index in [0.717, 1.165) is 77.6 Å². The molecule has 3 rings (SSSR count). The van der Waals surface area contributed by atoms with E-state index < -0.39 is 0 Å². The molecule has 0 radical (unpaired) electrons. The minimum Gasteiger partial charge on any atom is -0.378 e. The number of piperazine rings is 1. The Morgan fingerprint density at radius 2 is 1.67 bits per heavy atom. The number of hydrogen-bond acceptors (Lipinski definition) is 4. The third-order valence-electron chi connectivity index (χ3n) is 6.66. The Balaban J connectivity index is 0.00000320. The number of guanidine groups is 1. The Bertz CT molecular complexity index is 528. The van der Waals surface area contributed by atoms with Gasteiger partial charge in [-0.05, 0) is 39.0 Å². The molecule has 1 N–H and O–H groups in total. The first-order valence-electron chi connectivity index (χ1n) is 11.8. The summed E-state index contributed by atoms with van der Waals surface area (Å²) in [4.78, 5) is 23.8. The van der Waals surface area contributed by atoms with Gasteiger partial charge in [0.25, 0.3) is 0 Å². The maximum absolute atomic E-state index is 12.7. The zero-order valence-electron chi connectivity index (χ0n) is 19.0. The van der Waals surface area contributed by atoms with Gasteiger partial charge in [-0.3, -0.25) is 14.7 Å². The van der Waals surface area contributed by atoms with Crippen LogP contribution in [0.4, 0.5) is 0 Å². The van der Waals surface area contributed by atoms with E-state index in [9.17, 15) is 4.79 Å². The number of likely N-dealkylation sites (tertiary alicyclic amines) is 1. The summed E-state index contributed by atoms with van der Waals surface area (Å²) in [5, 5.41) is 3.49. The first-order valence-corrected chi connectivity index (χ1v) is 11.8. The fraction of sp³-hybridized carbons (Fsp3) is 0.909. The fourth-order valence-corrected chi connectivity index (χ4v) is 4.77. The van der Waals surface area contributed by atoms with E-state index in [0.29, 0.717) is 12.0 Å². The molecule has 7 nitrogen and oxygen atoms in total. The number of ether oxygens (including phenoxy) is 1. The van der Waals surface area contributed by atoms with Crippen LogP contribution in [0.2, 0.25) is 0 Å². The normalized spacial score (nSPS) is 22.7. The third kappa shape index (κ3) is 7.51. The second kappa shape index (κ2) is 13.7. The summed E-state index contributed by atoms with van der Waals surface area (Å²) in [6.07, 6.45) is 10.3. The molecule has 8 heteroatoms. The predicted molar refractivity (Wildman–Crippen MR) is 133 cm³/mol. The van der Waals surface area contributed by atoms with Crippen molar-refractivity contribution in [2.75, 3.05) is 59.5 Å². The largest absolute Gasteiger partial charge is 0.378 e. The van der Waals surface area contributed by atoms with Crippen LogP contribution in [0, 0.1) is 0 Å². The molecule has 2 heterocycles. The molecule has 2 aliphatic heterocycles. The Morgan fingerprint density at radius 1 is 1.00 bits per heavy atom. The van der Waals surface area contributed by atoms with Crippen LogP contribution in [0.15, 0.2) is 4.99 Å². The predicted octanol–water partition coefficient (Wildman–Crippen LogP) is 2.55. The Hall–Kier alpha value is -0.610. The van der Waals surface area contributed by atoms with Gasteiger partial charge in [0.2, 0.25) is 5.91 Å². The van der Waals surface area contributed by atoms with Crippen LogP contribution in [0.3, 0.4) is 0 Å². The van der Waals surface area contributed by atoms with E-state index in [1.54, 1.807) is 0 Å². The van der Waals surface area contributed by atoms with Crippen LogP contribution in [0.25, 0.3) is 0 Å². The van der Waals surface area contributed by atoms with Crippen molar-refractivity contribution < 1.29 is 9.53 Å². The Labute approximate surface area is 200 Å². The van der Waals surface area contributed by atoms with Crippen LogP contribution in [-0.2, 0) is 9.53 Å². The zero-order valence-corrected chi connectivity index (χ0v) is 21.3. The van der Waals surface area contributed by atoms with Crippen molar-refractivity contribution >= 4 is 35.8 Å². The van der Waals surface area contributed by atoms with Crippen molar-refractivity contribution in [1.82, 2.24) is 20.0 Å². The average molecular weight is 536 g/mol. The van der Waals surface area contributed by atoms with E-state index in [-0.39, 0.29) is 30.0 Å².